The molecule has 0 aromatic carbocycles. The van der Waals surface area contributed by atoms with Crippen LogP contribution in [0.1, 0.15) is 20.3 Å². The highest BCUT2D eigenvalue weighted by Crippen LogP contribution is 2.35. The fourth-order valence-corrected chi connectivity index (χ4v) is 1.91. The molecule has 0 aromatic rings. The van der Waals surface area contributed by atoms with E-state index in [0.29, 0.717) is 5.57 Å². The van der Waals surface area contributed by atoms with Gasteiger partial charge in [0.05, 0.1) is 13.0 Å². The summed E-state index contributed by atoms with van der Waals surface area (Å²) in [6.07, 6.45) is 0.207. The Labute approximate surface area is 86.7 Å². The number of Topliss-reactive ketones (excluding diaryl/α,β-unsaturated/α-hetero) is 1. The fraction of sp³-hybridized carbons (Fsp3) is 0.500. The molecule has 2 heterocycles. The topological polar surface area (TPSA) is 63.7 Å². The number of fused-ring (bicyclic) bond motifs is 1. The molecule has 1 fully saturated rings. The van der Waals surface area contributed by atoms with Crippen LogP contribution in [0, 0.1) is 0 Å². The van der Waals surface area contributed by atoms with Gasteiger partial charge in [-0.25, -0.2) is 4.79 Å². The molecule has 15 heavy (non-hydrogen) atoms. The highest BCUT2D eigenvalue weighted by atomic mass is 16.5. The molecule has 1 amide bonds. The van der Waals surface area contributed by atoms with Crippen LogP contribution < -0.4 is 0 Å². The molecule has 2 aliphatic heterocycles. The van der Waals surface area contributed by atoms with E-state index in [2.05, 4.69) is 0 Å². The molecule has 0 N–H and O–H groups in total. The second-order valence-corrected chi connectivity index (χ2v) is 3.54. The lowest BCUT2D eigenvalue weighted by Gasteiger charge is -2.34. The summed E-state index contributed by atoms with van der Waals surface area (Å²) >= 11 is 0. The normalized spacial score (nSPS) is 24.1. The highest BCUT2D eigenvalue weighted by molar-refractivity contribution is 6.17. The first kappa shape index (κ1) is 9.89. The Bertz CT molecular complexity index is 396. The third kappa shape index (κ3) is 1.19. The minimum Gasteiger partial charge on any atom is -0.461 e. The molecule has 0 saturated carbocycles. The van der Waals surface area contributed by atoms with Crippen LogP contribution in [0.4, 0.5) is 0 Å². The van der Waals surface area contributed by atoms with Crippen LogP contribution in [0.15, 0.2) is 11.3 Å². The van der Waals surface area contributed by atoms with Crippen LogP contribution in [0.3, 0.4) is 0 Å². The average molecular weight is 209 g/mol. The number of amides is 1. The maximum Gasteiger partial charge on any atom is 0.355 e. The summed E-state index contributed by atoms with van der Waals surface area (Å²) in [5, 5.41) is 0. The fourth-order valence-electron chi connectivity index (χ4n) is 1.91. The molecule has 0 radical (unpaired) electrons. The number of β-lactam (4-membered cyclic amide) rings is 1. The van der Waals surface area contributed by atoms with Crippen molar-refractivity contribution in [1.29, 1.82) is 0 Å². The quantitative estimate of drug-likeness (QED) is 0.474. The van der Waals surface area contributed by atoms with Gasteiger partial charge >= 0.3 is 5.97 Å². The molecule has 2 aliphatic rings. The van der Waals surface area contributed by atoms with E-state index >= 15 is 0 Å². The Morgan fingerprint density at radius 3 is 2.73 bits per heavy atom. The number of ether oxygens (including phenoxy) is 1. The molecule has 0 spiro atoms. The summed E-state index contributed by atoms with van der Waals surface area (Å²) in [6.45, 7) is 3.47. The van der Waals surface area contributed by atoms with Crippen LogP contribution >= 0.6 is 0 Å². The van der Waals surface area contributed by atoms with Crippen LogP contribution in [-0.2, 0) is 19.1 Å². The molecular formula is C10H11NO4. The smallest absolute Gasteiger partial charge is 0.355 e. The van der Waals surface area contributed by atoms with E-state index in [1.807, 2.05) is 0 Å². The lowest BCUT2D eigenvalue weighted by atomic mass is 10.0. The van der Waals surface area contributed by atoms with E-state index in [4.69, 9.17) is 4.74 Å². The second-order valence-electron chi connectivity index (χ2n) is 3.54. The standard InChI is InChI=1S/C10H11NO4/c1-3-15-10(14)8-5(2)9(13)6-4-7(12)11(6)8/h6H,3-4H2,1-2H3/t6-/m0/s1. The van der Waals surface area contributed by atoms with Gasteiger partial charge in [0.25, 0.3) is 0 Å². The number of nitrogens with zero attached hydrogens (tertiary/aromatic N) is 1. The SMILES string of the molecule is CCOC(=O)C1=C(C)C(=O)[C@@H]2CC(=O)N12. The predicted molar refractivity (Wildman–Crippen MR) is 49.6 cm³/mol. The first-order valence-corrected chi connectivity index (χ1v) is 4.82. The van der Waals surface area contributed by atoms with Gasteiger partial charge in [0.2, 0.25) is 5.91 Å². The monoisotopic (exact) mass is 209 g/mol. The van der Waals surface area contributed by atoms with Gasteiger partial charge in [-0.05, 0) is 13.8 Å². The Morgan fingerprint density at radius 1 is 1.53 bits per heavy atom. The van der Waals surface area contributed by atoms with E-state index in [0.717, 1.165) is 0 Å². The molecule has 0 bridgehead atoms. The third-order valence-electron chi connectivity index (χ3n) is 2.69. The Hall–Kier alpha value is -1.65. The van der Waals surface area contributed by atoms with Crippen LogP contribution in [-0.4, -0.2) is 35.2 Å². The Kier molecular flexibility index (Phi) is 2.10. The van der Waals surface area contributed by atoms with Crippen molar-refractivity contribution in [3.63, 3.8) is 0 Å². The number of carbonyl (C=O) groups is 3. The summed E-state index contributed by atoms with van der Waals surface area (Å²) in [7, 11) is 0. The molecule has 5 nitrogen and oxygen atoms in total. The zero-order valence-corrected chi connectivity index (χ0v) is 8.57. The summed E-state index contributed by atoms with van der Waals surface area (Å²) in [5.74, 6) is -0.912. The summed E-state index contributed by atoms with van der Waals surface area (Å²) in [5.41, 5.74) is 0.465. The number of carbonyl (C=O) groups excluding carboxylic acids is 3. The molecular weight excluding hydrogens is 198 g/mol. The Balaban J connectivity index is 2.32. The third-order valence-corrected chi connectivity index (χ3v) is 2.69. The molecule has 0 unspecified atom stereocenters. The van der Waals surface area contributed by atoms with Crippen molar-refractivity contribution >= 4 is 17.7 Å². The minimum absolute atomic E-state index is 0.128. The zero-order chi connectivity index (χ0) is 11.2. The van der Waals surface area contributed by atoms with Crippen molar-refractivity contribution in [1.82, 2.24) is 4.90 Å². The van der Waals surface area contributed by atoms with Crippen LogP contribution in [0.2, 0.25) is 0 Å². The van der Waals surface area contributed by atoms with Crippen molar-refractivity contribution in [2.24, 2.45) is 0 Å². The number of hydrogen-bond donors (Lipinski definition) is 0. The summed E-state index contributed by atoms with van der Waals surface area (Å²) in [6, 6.07) is -0.447. The molecule has 1 saturated heterocycles. The van der Waals surface area contributed by atoms with E-state index < -0.39 is 12.0 Å². The van der Waals surface area contributed by atoms with Crippen molar-refractivity contribution in [3.8, 4) is 0 Å². The van der Waals surface area contributed by atoms with Crippen molar-refractivity contribution in [3.05, 3.63) is 11.3 Å². The van der Waals surface area contributed by atoms with Crippen molar-refractivity contribution in [2.75, 3.05) is 6.61 Å². The molecule has 0 aromatic heterocycles. The van der Waals surface area contributed by atoms with Crippen LogP contribution in [0.25, 0.3) is 0 Å². The average Bonchev–Trinajstić information content (AvgIpc) is 2.38. The van der Waals surface area contributed by atoms with Gasteiger partial charge in [-0.1, -0.05) is 0 Å². The summed E-state index contributed by atoms with van der Waals surface area (Å²) in [4.78, 5) is 35.6. The zero-order valence-electron chi connectivity index (χ0n) is 8.57. The number of rotatable bonds is 2. The van der Waals surface area contributed by atoms with Gasteiger partial charge in [0.1, 0.15) is 11.7 Å². The molecule has 2 rings (SSSR count). The first-order chi connectivity index (χ1) is 7.07. The lowest BCUT2D eigenvalue weighted by Crippen LogP contribution is -2.52. The largest absolute Gasteiger partial charge is 0.461 e. The Morgan fingerprint density at radius 2 is 2.20 bits per heavy atom. The second kappa shape index (κ2) is 3.18. The van der Waals surface area contributed by atoms with Crippen molar-refractivity contribution < 1.29 is 19.1 Å². The lowest BCUT2D eigenvalue weighted by molar-refractivity contribution is -0.151. The van der Waals surface area contributed by atoms with E-state index in [9.17, 15) is 14.4 Å². The van der Waals surface area contributed by atoms with Gasteiger partial charge < -0.3 is 4.74 Å². The summed E-state index contributed by atoms with van der Waals surface area (Å²) < 4.78 is 4.80. The van der Waals surface area contributed by atoms with Gasteiger partial charge in [-0.3, -0.25) is 14.5 Å². The molecule has 1 atom stereocenters. The number of hydrogen-bond acceptors (Lipinski definition) is 4. The number of esters is 1. The first-order valence-electron chi connectivity index (χ1n) is 4.82. The van der Waals surface area contributed by atoms with Crippen molar-refractivity contribution in [2.45, 2.75) is 26.3 Å². The van der Waals surface area contributed by atoms with Gasteiger partial charge in [-0.15, -0.1) is 0 Å². The van der Waals surface area contributed by atoms with E-state index in [-0.39, 0.29) is 30.4 Å². The number of ketones is 1. The minimum atomic E-state index is -0.584. The highest BCUT2D eigenvalue weighted by Gasteiger charge is 2.52. The maximum atomic E-state index is 11.6. The molecule has 0 aliphatic carbocycles. The van der Waals surface area contributed by atoms with Gasteiger partial charge in [0.15, 0.2) is 5.78 Å². The van der Waals surface area contributed by atoms with Gasteiger partial charge in [0, 0.05) is 5.57 Å². The van der Waals surface area contributed by atoms with Crippen LogP contribution in [0.5, 0.6) is 0 Å². The molecule has 80 valence electrons. The maximum absolute atomic E-state index is 11.6. The van der Waals surface area contributed by atoms with E-state index in [1.165, 1.54) is 4.90 Å². The van der Waals surface area contributed by atoms with Gasteiger partial charge in [-0.2, -0.15) is 0 Å². The van der Waals surface area contributed by atoms with E-state index in [1.54, 1.807) is 13.8 Å². The molecule has 5 heteroatoms. The predicted octanol–water partition coefficient (Wildman–Crippen LogP) is 0.00710.